The van der Waals surface area contributed by atoms with E-state index in [0.717, 1.165) is 37.2 Å². The summed E-state index contributed by atoms with van der Waals surface area (Å²) in [5.41, 5.74) is 1.47. The van der Waals surface area contributed by atoms with E-state index in [-0.39, 0.29) is 17.6 Å². The first-order valence-corrected chi connectivity index (χ1v) is 6.85. The monoisotopic (exact) mass is 260 g/mol. The second-order valence-corrected chi connectivity index (χ2v) is 4.89. The van der Waals surface area contributed by atoms with Crippen molar-refractivity contribution in [3.8, 4) is 0 Å². The Morgan fingerprint density at radius 3 is 2.63 bits per heavy atom. The van der Waals surface area contributed by atoms with Crippen LogP contribution in [-0.2, 0) is 4.79 Å². The summed E-state index contributed by atoms with van der Waals surface area (Å²) in [6, 6.07) is 7.17. The predicted molar refractivity (Wildman–Crippen MR) is 75.3 cm³/mol. The standard InChI is InChI=1S/C15H20N2O2/c1-2-14(18)17-13-7-5-11(6-8-13)15(19)12-4-3-9-16-10-12/h5-8,12,16H,2-4,9-10H2,1H3,(H,17,18). The molecule has 1 aromatic rings. The van der Waals surface area contributed by atoms with Crippen LogP contribution in [-0.4, -0.2) is 24.8 Å². The second-order valence-electron chi connectivity index (χ2n) is 4.89. The summed E-state index contributed by atoms with van der Waals surface area (Å²) in [6.07, 6.45) is 2.47. The third-order valence-corrected chi connectivity index (χ3v) is 3.44. The van der Waals surface area contributed by atoms with E-state index in [2.05, 4.69) is 10.6 Å². The highest BCUT2D eigenvalue weighted by molar-refractivity contribution is 5.99. The highest BCUT2D eigenvalue weighted by Gasteiger charge is 2.21. The molecular weight excluding hydrogens is 240 g/mol. The Kier molecular flexibility index (Phi) is 4.68. The summed E-state index contributed by atoms with van der Waals surface area (Å²) in [5.74, 6) is 0.265. The molecule has 1 atom stereocenters. The Bertz CT molecular complexity index is 448. The Morgan fingerprint density at radius 1 is 1.32 bits per heavy atom. The lowest BCUT2D eigenvalue weighted by Gasteiger charge is -2.21. The van der Waals surface area contributed by atoms with Crippen LogP contribution in [0.3, 0.4) is 0 Å². The molecule has 0 aliphatic carbocycles. The van der Waals surface area contributed by atoms with E-state index >= 15 is 0 Å². The van der Waals surface area contributed by atoms with Crippen LogP contribution in [0.2, 0.25) is 0 Å². The molecule has 1 heterocycles. The molecule has 102 valence electrons. The maximum Gasteiger partial charge on any atom is 0.224 e. The van der Waals surface area contributed by atoms with Crippen LogP contribution in [0.25, 0.3) is 0 Å². The summed E-state index contributed by atoms with van der Waals surface area (Å²) in [5, 5.41) is 6.03. The number of amides is 1. The van der Waals surface area contributed by atoms with Gasteiger partial charge in [-0.2, -0.15) is 0 Å². The number of hydrogen-bond acceptors (Lipinski definition) is 3. The van der Waals surface area contributed by atoms with Crippen molar-refractivity contribution < 1.29 is 9.59 Å². The SMILES string of the molecule is CCC(=O)Nc1ccc(C(=O)C2CCCNC2)cc1. The first-order chi connectivity index (χ1) is 9.20. The van der Waals surface area contributed by atoms with E-state index in [1.165, 1.54) is 0 Å². The van der Waals surface area contributed by atoms with Crippen LogP contribution in [0.15, 0.2) is 24.3 Å². The van der Waals surface area contributed by atoms with Crippen LogP contribution in [0.4, 0.5) is 5.69 Å². The molecule has 0 saturated carbocycles. The van der Waals surface area contributed by atoms with Crippen molar-refractivity contribution in [3.63, 3.8) is 0 Å². The Labute approximate surface area is 113 Å². The zero-order chi connectivity index (χ0) is 13.7. The van der Waals surface area contributed by atoms with E-state index in [1.54, 1.807) is 24.3 Å². The van der Waals surface area contributed by atoms with Gasteiger partial charge in [0, 0.05) is 30.1 Å². The Hall–Kier alpha value is -1.68. The molecule has 1 unspecified atom stereocenters. The molecule has 1 saturated heterocycles. The lowest BCUT2D eigenvalue weighted by atomic mass is 9.91. The van der Waals surface area contributed by atoms with Gasteiger partial charge in [-0.05, 0) is 43.7 Å². The maximum absolute atomic E-state index is 12.3. The van der Waals surface area contributed by atoms with Crippen molar-refractivity contribution in [2.24, 2.45) is 5.92 Å². The average molecular weight is 260 g/mol. The van der Waals surface area contributed by atoms with Crippen LogP contribution in [0, 0.1) is 5.92 Å². The van der Waals surface area contributed by atoms with Gasteiger partial charge in [0.25, 0.3) is 0 Å². The number of piperidine rings is 1. The van der Waals surface area contributed by atoms with Crippen molar-refractivity contribution in [3.05, 3.63) is 29.8 Å². The predicted octanol–water partition coefficient (Wildman–Crippen LogP) is 2.22. The number of benzene rings is 1. The summed E-state index contributed by atoms with van der Waals surface area (Å²) in [6.45, 7) is 3.59. The molecule has 1 aliphatic rings. The van der Waals surface area contributed by atoms with Crippen molar-refractivity contribution in [1.29, 1.82) is 0 Å². The van der Waals surface area contributed by atoms with Crippen LogP contribution >= 0.6 is 0 Å². The molecule has 2 rings (SSSR count). The highest BCUT2D eigenvalue weighted by Crippen LogP contribution is 2.18. The minimum absolute atomic E-state index is 0.0180. The second kappa shape index (κ2) is 6.48. The van der Waals surface area contributed by atoms with Crippen LogP contribution in [0.5, 0.6) is 0 Å². The van der Waals surface area contributed by atoms with Gasteiger partial charge in [-0.25, -0.2) is 0 Å². The van der Waals surface area contributed by atoms with Gasteiger partial charge in [0.1, 0.15) is 0 Å². The molecule has 1 fully saturated rings. The van der Waals surface area contributed by atoms with E-state index in [9.17, 15) is 9.59 Å². The number of carbonyl (C=O) groups excluding carboxylic acids is 2. The van der Waals surface area contributed by atoms with Crippen molar-refractivity contribution in [2.45, 2.75) is 26.2 Å². The molecule has 4 heteroatoms. The lowest BCUT2D eigenvalue weighted by Crippen LogP contribution is -2.34. The third-order valence-electron chi connectivity index (χ3n) is 3.44. The number of hydrogen-bond donors (Lipinski definition) is 2. The van der Waals surface area contributed by atoms with Gasteiger partial charge in [0.15, 0.2) is 5.78 Å². The average Bonchev–Trinajstić information content (AvgIpc) is 2.48. The quantitative estimate of drug-likeness (QED) is 0.816. The van der Waals surface area contributed by atoms with Crippen molar-refractivity contribution >= 4 is 17.4 Å². The van der Waals surface area contributed by atoms with Gasteiger partial charge in [-0.3, -0.25) is 9.59 Å². The van der Waals surface area contributed by atoms with E-state index in [0.29, 0.717) is 6.42 Å². The molecule has 0 aromatic heterocycles. The van der Waals surface area contributed by atoms with Crippen molar-refractivity contribution in [1.82, 2.24) is 5.32 Å². The van der Waals surface area contributed by atoms with Gasteiger partial charge in [-0.1, -0.05) is 6.92 Å². The zero-order valence-electron chi connectivity index (χ0n) is 11.2. The van der Waals surface area contributed by atoms with E-state index in [1.807, 2.05) is 6.92 Å². The third kappa shape index (κ3) is 3.64. The summed E-state index contributed by atoms with van der Waals surface area (Å²) >= 11 is 0. The van der Waals surface area contributed by atoms with Crippen molar-refractivity contribution in [2.75, 3.05) is 18.4 Å². The molecule has 4 nitrogen and oxygen atoms in total. The summed E-state index contributed by atoms with van der Waals surface area (Å²) in [4.78, 5) is 23.5. The van der Waals surface area contributed by atoms with Crippen LogP contribution in [0.1, 0.15) is 36.5 Å². The Balaban J connectivity index is 2.01. The highest BCUT2D eigenvalue weighted by atomic mass is 16.1. The lowest BCUT2D eigenvalue weighted by molar-refractivity contribution is -0.115. The summed E-state index contributed by atoms with van der Waals surface area (Å²) in [7, 11) is 0. The zero-order valence-corrected chi connectivity index (χ0v) is 11.2. The smallest absolute Gasteiger partial charge is 0.224 e. The fourth-order valence-corrected chi connectivity index (χ4v) is 2.28. The molecule has 1 amide bonds. The topological polar surface area (TPSA) is 58.2 Å². The largest absolute Gasteiger partial charge is 0.326 e. The van der Waals surface area contributed by atoms with Gasteiger partial charge in [0.2, 0.25) is 5.91 Å². The fourth-order valence-electron chi connectivity index (χ4n) is 2.28. The van der Waals surface area contributed by atoms with Gasteiger partial charge >= 0.3 is 0 Å². The molecule has 2 N–H and O–H groups in total. The van der Waals surface area contributed by atoms with E-state index < -0.39 is 0 Å². The molecule has 1 aliphatic heterocycles. The molecule has 0 radical (unpaired) electrons. The molecule has 0 bridgehead atoms. The molecule has 19 heavy (non-hydrogen) atoms. The number of nitrogens with one attached hydrogen (secondary N) is 2. The molecule has 1 aromatic carbocycles. The summed E-state index contributed by atoms with van der Waals surface area (Å²) < 4.78 is 0. The number of rotatable bonds is 4. The molecule has 0 spiro atoms. The normalized spacial score (nSPS) is 18.9. The van der Waals surface area contributed by atoms with Gasteiger partial charge in [-0.15, -0.1) is 0 Å². The Morgan fingerprint density at radius 2 is 2.05 bits per heavy atom. The minimum atomic E-state index is -0.0180. The fraction of sp³-hybridized carbons (Fsp3) is 0.467. The van der Waals surface area contributed by atoms with Gasteiger partial charge in [0.05, 0.1) is 0 Å². The number of carbonyl (C=O) groups is 2. The van der Waals surface area contributed by atoms with Crippen LogP contribution < -0.4 is 10.6 Å². The first-order valence-electron chi connectivity index (χ1n) is 6.85. The maximum atomic E-state index is 12.3. The van der Waals surface area contributed by atoms with E-state index in [4.69, 9.17) is 0 Å². The first kappa shape index (κ1) is 13.7. The minimum Gasteiger partial charge on any atom is -0.326 e. The molecular formula is C15H20N2O2. The number of ketones is 1. The van der Waals surface area contributed by atoms with Gasteiger partial charge < -0.3 is 10.6 Å². The number of anilines is 1. The number of Topliss-reactive ketones (excluding diaryl/α,β-unsaturated/α-hetero) is 1.